The van der Waals surface area contributed by atoms with Crippen molar-refractivity contribution in [2.45, 2.75) is 6.92 Å². The van der Waals surface area contributed by atoms with Gasteiger partial charge in [0.15, 0.2) is 0 Å². The monoisotopic (exact) mass is 350 g/mol. The first-order valence-electron chi connectivity index (χ1n) is 8.20. The Bertz CT molecular complexity index is 964. The van der Waals surface area contributed by atoms with Crippen molar-refractivity contribution in [1.29, 1.82) is 0 Å². The number of ether oxygens (including phenoxy) is 1. The van der Waals surface area contributed by atoms with Crippen molar-refractivity contribution in [2.24, 2.45) is 0 Å². The third kappa shape index (κ3) is 3.80. The third-order valence-electron chi connectivity index (χ3n) is 4.05. The molecule has 0 saturated heterocycles. The Morgan fingerprint density at radius 2 is 1.88 bits per heavy atom. The third-order valence-corrected chi connectivity index (χ3v) is 4.05. The number of amides is 1. The summed E-state index contributed by atoms with van der Waals surface area (Å²) in [6, 6.07) is 18.1. The molecule has 0 aliphatic carbocycles. The van der Waals surface area contributed by atoms with Crippen LogP contribution in [0.15, 0.2) is 60.7 Å². The normalized spacial score (nSPS) is 10.5. The van der Waals surface area contributed by atoms with Crippen molar-refractivity contribution in [1.82, 2.24) is 5.32 Å². The first-order chi connectivity index (χ1) is 12.6. The van der Waals surface area contributed by atoms with E-state index < -0.39 is 4.92 Å². The van der Waals surface area contributed by atoms with Crippen LogP contribution in [0.4, 0.5) is 5.69 Å². The molecule has 3 aromatic carbocycles. The molecular formula is C20H18N2O4. The summed E-state index contributed by atoms with van der Waals surface area (Å²) in [4.78, 5) is 22.5. The fourth-order valence-corrected chi connectivity index (χ4v) is 2.75. The average molecular weight is 350 g/mol. The van der Waals surface area contributed by atoms with Gasteiger partial charge in [0.25, 0.3) is 11.6 Å². The molecule has 132 valence electrons. The van der Waals surface area contributed by atoms with Crippen LogP contribution in [0.25, 0.3) is 10.8 Å². The minimum Gasteiger partial charge on any atom is -0.491 e. The Hall–Kier alpha value is -3.41. The van der Waals surface area contributed by atoms with E-state index in [9.17, 15) is 14.9 Å². The topological polar surface area (TPSA) is 81.5 Å². The summed E-state index contributed by atoms with van der Waals surface area (Å²) in [5.74, 6) is 0.480. The summed E-state index contributed by atoms with van der Waals surface area (Å²) in [7, 11) is 0. The summed E-state index contributed by atoms with van der Waals surface area (Å²) in [5, 5.41) is 15.7. The van der Waals surface area contributed by atoms with Crippen LogP contribution in [0.3, 0.4) is 0 Å². The number of aryl methyl sites for hydroxylation is 1. The lowest BCUT2D eigenvalue weighted by atomic mass is 10.1. The highest BCUT2D eigenvalue weighted by atomic mass is 16.6. The second-order valence-corrected chi connectivity index (χ2v) is 5.84. The number of carbonyl (C=O) groups excluding carboxylic acids is 1. The molecule has 1 amide bonds. The molecule has 0 fully saturated rings. The fraction of sp³-hybridized carbons (Fsp3) is 0.150. The molecule has 0 unspecified atom stereocenters. The lowest BCUT2D eigenvalue weighted by Crippen LogP contribution is -2.28. The van der Waals surface area contributed by atoms with Gasteiger partial charge in [-0.25, -0.2) is 0 Å². The maximum Gasteiger partial charge on any atom is 0.272 e. The van der Waals surface area contributed by atoms with E-state index in [-0.39, 0.29) is 11.6 Å². The molecule has 0 saturated carbocycles. The Morgan fingerprint density at radius 1 is 1.12 bits per heavy atom. The predicted octanol–water partition coefficient (Wildman–Crippen LogP) is 3.87. The van der Waals surface area contributed by atoms with Crippen LogP contribution in [-0.4, -0.2) is 24.0 Å². The summed E-state index contributed by atoms with van der Waals surface area (Å²) < 4.78 is 5.78. The van der Waals surface area contributed by atoms with Crippen molar-refractivity contribution in [3.63, 3.8) is 0 Å². The maximum atomic E-state index is 12.2. The van der Waals surface area contributed by atoms with E-state index >= 15 is 0 Å². The van der Waals surface area contributed by atoms with Gasteiger partial charge in [-0.3, -0.25) is 14.9 Å². The number of hydrogen-bond acceptors (Lipinski definition) is 4. The molecule has 26 heavy (non-hydrogen) atoms. The highest BCUT2D eigenvalue weighted by Gasteiger charge is 2.13. The van der Waals surface area contributed by atoms with E-state index in [4.69, 9.17) is 4.74 Å². The fourth-order valence-electron chi connectivity index (χ4n) is 2.75. The molecule has 0 radical (unpaired) electrons. The van der Waals surface area contributed by atoms with Gasteiger partial charge in [0.2, 0.25) is 0 Å². The number of nitrogens with zero attached hydrogens (tertiary/aromatic N) is 1. The lowest BCUT2D eigenvalue weighted by molar-refractivity contribution is -0.385. The highest BCUT2D eigenvalue weighted by molar-refractivity contribution is 5.94. The molecule has 6 heteroatoms. The maximum absolute atomic E-state index is 12.2. The molecule has 6 nitrogen and oxygen atoms in total. The van der Waals surface area contributed by atoms with Crippen molar-refractivity contribution in [3.8, 4) is 5.75 Å². The van der Waals surface area contributed by atoms with Gasteiger partial charge in [-0.05, 0) is 30.5 Å². The molecule has 3 aromatic rings. The minimum atomic E-state index is -0.463. The number of nitro groups is 1. The smallest absolute Gasteiger partial charge is 0.272 e. The first-order valence-corrected chi connectivity index (χ1v) is 8.20. The number of benzene rings is 3. The van der Waals surface area contributed by atoms with Gasteiger partial charge >= 0.3 is 0 Å². The largest absolute Gasteiger partial charge is 0.491 e. The Labute approximate surface area is 150 Å². The molecule has 0 aliphatic rings. The first kappa shape index (κ1) is 17.4. The van der Waals surface area contributed by atoms with Gasteiger partial charge in [-0.1, -0.05) is 36.4 Å². The number of carbonyl (C=O) groups is 1. The van der Waals surface area contributed by atoms with Gasteiger partial charge in [0.1, 0.15) is 12.4 Å². The molecule has 0 aliphatic heterocycles. The van der Waals surface area contributed by atoms with Gasteiger partial charge < -0.3 is 10.1 Å². The zero-order chi connectivity index (χ0) is 18.5. The van der Waals surface area contributed by atoms with Crippen LogP contribution in [0.2, 0.25) is 0 Å². The van der Waals surface area contributed by atoms with Crippen LogP contribution < -0.4 is 10.1 Å². The molecular weight excluding hydrogens is 332 g/mol. The average Bonchev–Trinajstić information content (AvgIpc) is 2.64. The van der Waals surface area contributed by atoms with Crippen molar-refractivity contribution in [2.75, 3.05) is 13.2 Å². The minimum absolute atomic E-state index is 0.000777. The molecule has 0 heterocycles. The van der Waals surface area contributed by atoms with Crippen LogP contribution in [0.1, 0.15) is 15.9 Å². The van der Waals surface area contributed by atoms with Gasteiger partial charge in [0.05, 0.1) is 11.5 Å². The highest BCUT2D eigenvalue weighted by Crippen LogP contribution is 2.25. The zero-order valence-corrected chi connectivity index (χ0v) is 14.3. The van der Waals surface area contributed by atoms with Gasteiger partial charge in [0, 0.05) is 22.6 Å². The van der Waals surface area contributed by atoms with Crippen LogP contribution in [0.5, 0.6) is 5.75 Å². The van der Waals surface area contributed by atoms with Gasteiger partial charge in [-0.15, -0.1) is 0 Å². The van der Waals surface area contributed by atoms with E-state index in [1.165, 1.54) is 18.2 Å². The molecule has 0 atom stereocenters. The van der Waals surface area contributed by atoms with E-state index in [0.29, 0.717) is 24.3 Å². The quantitative estimate of drug-likeness (QED) is 0.416. The molecule has 3 rings (SSSR count). The van der Waals surface area contributed by atoms with Crippen molar-refractivity contribution >= 4 is 22.4 Å². The van der Waals surface area contributed by atoms with E-state index in [1.807, 2.05) is 42.5 Å². The van der Waals surface area contributed by atoms with E-state index in [1.54, 1.807) is 6.92 Å². The number of hydrogen-bond donors (Lipinski definition) is 1. The number of nitrogens with one attached hydrogen (secondary N) is 1. The molecule has 0 bridgehead atoms. The SMILES string of the molecule is Cc1cc(C(=O)NCCOc2cccc3ccccc23)ccc1[N+](=O)[O-]. The molecule has 1 N–H and O–H groups in total. The number of nitro benzene ring substituents is 1. The summed E-state index contributed by atoms with van der Waals surface area (Å²) >= 11 is 0. The standard InChI is InChI=1S/C20H18N2O4/c1-14-13-16(9-10-18(14)22(24)25)20(23)21-11-12-26-19-8-4-6-15-5-2-3-7-17(15)19/h2-10,13H,11-12H2,1H3,(H,21,23). The Balaban J connectivity index is 1.57. The van der Waals surface area contributed by atoms with E-state index in [0.717, 1.165) is 16.5 Å². The Morgan fingerprint density at radius 3 is 2.65 bits per heavy atom. The summed E-state index contributed by atoms with van der Waals surface area (Å²) in [5.41, 5.74) is 0.841. The van der Waals surface area contributed by atoms with Crippen molar-refractivity contribution in [3.05, 3.63) is 81.9 Å². The second-order valence-electron chi connectivity index (χ2n) is 5.84. The summed E-state index contributed by atoms with van der Waals surface area (Å²) in [6.45, 7) is 2.27. The summed E-state index contributed by atoms with van der Waals surface area (Å²) in [6.07, 6.45) is 0. The van der Waals surface area contributed by atoms with Crippen LogP contribution >= 0.6 is 0 Å². The predicted molar refractivity (Wildman–Crippen MR) is 99.6 cm³/mol. The van der Waals surface area contributed by atoms with Crippen LogP contribution in [-0.2, 0) is 0 Å². The number of rotatable bonds is 6. The molecule has 0 spiro atoms. The zero-order valence-electron chi connectivity index (χ0n) is 14.3. The van der Waals surface area contributed by atoms with Crippen LogP contribution in [0, 0.1) is 17.0 Å². The van der Waals surface area contributed by atoms with Gasteiger partial charge in [-0.2, -0.15) is 0 Å². The van der Waals surface area contributed by atoms with Crippen molar-refractivity contribution < 1.29 is 14.5 Å². The van der Waals surface area contributed by atoms with E-state index in [2.05, 4.69) is 5.32 Å². The Kier molecular flexibility index (Phi) is 5.12. The molecule has 0 aromatic heterocycles. The lowest BCUT2D eigenvalue weighted by Gasteiger charge is -2.10. The number of fused-ring (bicyclic) bond motifs is 1. The second kappa shape index (κ2) is 7.65.